The lowest BCUT2D eigenvalue weighted by Gasteiger charge is -2.24. The molecule has 94 valence electrons. The zero-order valence-corrected chi connectivity index (χ0v) is 12.5. The van der Waals surface area contributed by atoms with Crippen LogP contribution in [-0.2, 0) is 0 Å². The largest absolute Gasteiger partial charge is 0.356 e. The van der Waals surface area contributed by atoms with Crippen molar-refractivity contribution >= 4 is 29.9 Å². The molecule has 0 aromatic heterocycles. The second-order valence-electron chi connectivity index (χ2n) is 4.88. The first-order valence-electron chi connectivity index (χ1n) is 6.35. The van der Waals surface area contributed by atoms with E-state index < -0.39 is 0 Å². The summed E-state index contributed by atoms with van der Waals surface area (Å²) < 4.78 is 0. The van der Waals surface area contributed by atoms with Gasteiger partial charge in [0.1, 0.15) is 0 Å². The van der Waals surface area contributed by atoms with E-state index in [1.165, 1.54) is 44.9 Å². The molecule has 3 nitrogen and oxygen atoms in total. The predicted molar refractivity (Wildman–Crippen MR) is 79.5 cm³/mol. The average Bonchev–Trinajstić information content (AvgIpc) is 3.09. The smallest absolute Gasteiger partial charge is 0.191 e. The van der Waals surface area contributed by atoms with E-state index in [-0.39, 0.29) is 24.0 Å². The molecule has 0 saturated heterocycles. The van der Waals surface area contributed by atoms with Crippen LogP contribution in [0.5, 0.6) is 0 Å². The van der Waals surface area contributed by atoms with Crippen LogP contribution in [-0.4, -0.2) is 25.6 Å². The average molecular weight is 337 g/mol. The fourth-order valence-corrected chi connectivity index (χ4v) is 2.20. The molecular weight excluding hydrogens is 313 g/mol. The topological polar surface area (TPSA) is 36.4 Å². The minimum absolute atomic E-state index is 0. The van der Waals surface area contributed by atoms with Crippen LogP contribution in [0, 0.1) is 5.92 Å². The molecule has 0 spiro atoms. The van der Waals surface area contributed by atoms with Crippen LogP contribution < -0.4 is 10.6 Å². The Balaban J connectivity index is 0.00000128. The Kier molecular flexibility index (Phi) is 6.46. The molecule has 0 atom stereocenters. The number of rotatable bonds is 3. The highest BCUT2D eigenvalue weighted by molar-refractivity contribution is 14.0. The SMILES string of the molecule is CN=C(NCC1CC1)NC1CCCCC1.I. The van der Waals surface area contributed by atoms with Gasteiger partial charge in [-0.05, 0) is 31.6 Å². The number of nitrogens with one attached hydrogen (secondary N) is 2. The first-order chi connectivity index (χ1) is 7.38. The molecule has 2 N–H and O–H groups in total. The Labute approximate surface area is 116 Å². The number of hydrogen-bond donors (Lipinski definition) is 2. The summed E-state index contributed by atoms with van der Waals surface area (Å²) in [5.74, 6) is 1.92. The third-order valence-electron chi connectivity index (χ3n) is 3.42. The predicted octanol–water partition coefficient (Wildman–Crippen LogP) is 2.51. The summed E-state index contributed by atoms with van der Waals surface area (Å²) in [6.45, 7) is 1.10. The first kappa shape index (κ1) is 14.1. The summed E-state index contributed by atoms with van der Waals surface area (Å²) >= 11 is 0. The summed E-state index contributed by atoms with van der Waals surface area (Å²) in [5, 5.41) is 6.95. The van der Waals surface area contributed by atoms with Crippen molar-refractivity contribution in [3.05, 3.63) is 0 Å². The van der Waals surface area contributed by atoms with Crippen LogP contribution in [0.1, 0.15) is 44.9 Å². The fourth-order valence-electron chi connectivity index (χ4n) is 2.20. The summed E-state index contributed by atoms with van der Waals surface area (Å²) in [4.78, 5) is 4.28. The van der Waals surface area contributed by atoms with Crippen molar-refractivity contribution in [3.63, 3.8) is 0 Å². The zero-order chi connectivity index (χ0) is 10.5. The van der Waals surface area contributed by atoms with Gasteiger partial charge >= 0.3 is 0 Å². The molecular formula is C12H24IN3. The molecule has 2 rings (SSSR count). The zero-order valence-electron chi connectivity index (χ0n) is 10.2. The van der Waals surface area contributed by atoms with Crippen LogP contribution in [0.4, 0.5) is 0 Å². The monoisotopic (exact) mass is 337 g/mol. The van der Waals surface area contributed by atoms with Crippen molar-refractivity contribution in [2.45, 2.75) is 51.0 Å². The van der Waals surface area contributed by atoms with Gasteiger partial charge in [-0.1, -0.05) is 19.3 Å². The van der Waals surface area contributed by atoms with Gasteiger partial charge in [0.2, 0.25) is 0 Å². The van der Waals surface area contributed by atoms with Gasteiger partial charge in [0.15, 0.2) is 5.96 Å². The van der Waals surface area contributed by atoms with E-state index in [0.29, 0.717) is 6.04 Å². The highest BCUT2D eigenvalue weighted by atomic mass is 127. The van der Waals surface area contributed by atoms with Gasteiger partial charge in [-0.15, -0.1) is 24.0 Å². The van der Waals surface area contributed by atoms with Crippen molar-refractivity contribution < 1.29 is 0 Å². The third kappa shape index (κ3) is 4.89. The van der Waals surface area contributed by atoms with Gasteiger partial charge in [0.25, 0.3) is 0 Å². The number of hydrogen-bond acceptors (Lipinski definition) is 1. The number of nitrogens with zero attached hydrogens (tertiary/aromatic N) is 1. The van der Waals surface area contributed by atoms with Gasteiger partial charge in [-0.3, -0.25) is 4.99 Å². The molecule has 0 radical (unpaired) electrons. The van der Waals surface area contributed by atoms with Crippen LogP contribution >= 0.6 is 24.0 Å². The van der Waals surface area contributed by atoms with E-state index in [1.54, 1.807) is 0 Å². The van der Waals surface area contributed by atoms with Crippen molar-refractivity contribution in [1.82, 2.24) is 10.6 Å². The van der Waals surface area contributed by atoms with Crippen molar-refractivity contribution in [2.75, 3.05) is 13.6 Å². The summed E-state index contributed by atoms with van der Waals surface area (Å²) in [6, 6.07) is 0.657. The maximum Gasteiger partial charge on any atom is 0.191 e. The molecule has 0 aliphatic heterocycles. The van der Waals surface area contributed by atoms with Crippen LogP contribution in [0.3, 0.4) is 0 Å². The first-order valence-corrected chi connectivity index (χ1v) is 6.35. The Bertz CT molecular complexity index is 220. The van der Waals surface area contributed by atoms with Crippen molar-refractivity contribution in [2.24, 2.45) is 10.9 Å². The van der Waals surface area contributed by atoms with E-state index in [1.807, 2.05) is 7.05 Å². The quantitative estimate of drug-likeness (QED) is 0.472. The Hall–Kier alpha value is 0. The highest BCUT2D eigenvalue weighted by Gasteiger charge is 2.21. The van der Waals surface area contributed by atoms with E-state index >= 15 is 0 Å². The van der Waals surface area contributed by atoms with Crippen LogP contribution in [0.2, 0.25) is 0 Å². The van der Waals surface area contributed by atoms with Gasteiger partial charge in [-0.2, -0.15) is 0 Å². The molecule has 0 aromatic carbocycles. The van der Waals surface area contributed by atoms with Gasteiger partial charge in [-0.25, -0.2) is 0 Å². The summed E-state index contributed by atoms with van der Waals surface area (Å²) in [6.07, 6.45) is 9.57. The van der Waals surface area contributed by atoms with Crippen LogP contribution in [0.25, 0.3) is 0 Å². The highest BCUT2D eigenvalue weighted by Crippen LogP contribution is 2.27. The molecule has 0 heterocycles. The lowest BCUT2D eigenvalue weighted by Crippen LogP contribution is -2.44. The Morgan fingerprint density at radius 2 is 1.81 bits per heavy atom. The van der Waals surface area contributed by atoms with E-state index in [9.17, 15) is 0 Å². The standard InChI is InChI=1S/C12H23N3.HI/c1-13-12(14-9-10-7-8-10)15-11-5-3-2-4-6-11;/h10-11H,2-9H2,1H3,(H2,13,14,15);1H. The molecule has 2 fully saturated rings. The second-order valence-corrected chi connectivity index (χ2v) is 4.88. The number of aliphatic imine (C=N–C) groups is 1. The van der Waals surface area contributed by atoms with E-state index in [0.717, 1.165) is 18.4 Å². The fraction of sp³-hybridized carbons (Fsp3) is 0.917. The van der Waals surface area contributed by atoms with Gasteiger partial charge < -0.3 is 10.6 Å². The Morgan fingerprint density at radius 3 is 2.38 bits per heavy atom. The molecule has 0 unspecified atom stereocenters. The molecule has 16 heavy (non-hydrogen) atoms. The minimum atomic E-state index is 0. The van der Waals surface area contributed by atoms with E-state index in [4.69, 9.17) is 0 Å². The maximum atomic E-state index is 4.28. The molecule has 4 heteroatoms. The van der Waals surface area contributed by atoms with Crippen molar-refractivity contribution in [1.29, 1.82) is 0 Å². The molecule has 2 saturated carbocycles. The maximum absolute atomic E-state index is 4.28. The Morgan fingerprint density at radius 1 is 1.12 bits per heavy atom. The van der Waals surface area contributed by atoms with E-state index in [2.05, 4.69) is 15.6 Å². The number of halogens is 1. The third-order valence-corrected chi connectivity index (χ3v) is 3.42. The molecule has 0 amide bonds. The normalized spacial score (nSPS) is 22.4. The van der Waals surface area contributed by atoms with Gasteiger partial charge in [0, 0.05) is 19.6 Å². The molecule has 0 bridgehead atoms. The number of guanidine groups is 1. The lowest BCUT2D eigenvalue weighted by molar-refractivity contribution is 0.410. The second kappa shape index (κ2) is 7.35. The molecule has 0 aromatic rings. The molecule has 2 aliphatic carbocycles. The molecule has 2 aliphatic rings. The summed E-state index contributed by atoms with van der Waals surface area (Å²) in [5.41, 5.74) is 0. The van der Waals surface area contributed by atoms with Crippen molar-refractivity contribution in [3.8, 4) is 0 Å². The minimum Gasteiger partial charge on any atom is -0.356 e. The summed E-state index contributed by atoms with van der Waals surface area (Å²) in [7, 11) is 1.87. The lowest BCUT2D eigenvalue weighted by atomic mass is 9.96. The van der Waals surface area contributed by atoms with Gasteiger partial charge in [0.05, 0.1) is 0 Å². The van der Waals surface area contributed by atoms with Crippen LogP contribution in [0.15, 0.2) is 4.99 Å².